The molecule has 0 aromatic rings. The average molecular weight is 885 g/mol. The summed E-state index contributed by atoms with van der Waals surface area (Å²) in [6.07, 6.45) is 61.2. The zero-order valence-corrected chi connectivity index (χ0v) is 42.1. The lowest BCUT2D eigenvalue weighted by Crippen LogP contribution is -2.30. The summed E-state index contributed by atoms with van der Waals surface area (Å²) in [6.45, 7) is 6.62. The third-order valence-electron chi connectivity index (χ3n) is 12.1. The van der Waals surface area contributed by atoms with Crippen LogP contribution < -0.4 is 0 Å². The van der Waals surface area contributed by atoms with Gasteiger partial charge in [-0.05, 0) is 77.0 Å². The smallest absolute Gasteiger partial charge is 0.306 e. The minimum atomic E-state index is -0.774. The lowest BCUT2D eigenvalue weighted by molar-refractivity contribution is -0.167. The van der Waals surface area contributed by atoms with Crippen LogP contribution in [0.5, 0.6) is 0 Å². The van der Waals surface area contributed by atoms with Gasteiger partial charge in [-0.15, -0.1) is 0 Å². The van der Waals surface area contributed by atoms with Gasteiger partial charge in [0.05, 0.1) is 0 Å². The molecule has 0 saturated heterocycles. The van der Waals surface area contributed by atoms with Crippen molar-refractivity contribution in [1.29, 1.82) is 0 Å². The minimum absolute atomic E-state index is 0.0737. The Balaban J connectivity index is 4.34. The first kappa shape index (κ1) is 60.6. The van der Waals surface area contributed by atoms with Gasteiger partial charge >= 0.3 is 17.9 Å². The molecule has 0 spiro atoms. The van der Waals surface area contributed by atoms with Crippen molar-refractivity contribution in [2.75, 3.05) is 13.2 Å². The maximum Gasteiger partial charge on any atom is 0.306 e. The van der Waals surface area contributed by atoms with Crippen LogP contribution in [0.25, 0.3) is 0 Å². The third kappa shape index (κ3) is 50.5. The maximum atomic E-state index is 12.8. The van der Waals surface area contributed by atoms with Crippen molar-refractivity contribution in [3.05, 3.63) is 36.5 Å². The predicted octanol–water partition coefficient (Wildman–Crippen LogP) is 18.1. The molecular formula is C57H104O6. The van der Waals surface area contributed by atoms with Crippen LogP contribution >= 0.6 is 0 Å². The van der Waals surface area contributed by atoms with E-state index in [0.717, 1.165) is 70.6 Å². The molecule has 0 amide bonds. The molecule has 0 aromatic heterocycles. The van der Waals surface area contributed by atoms with E-state index >= 15 is 0 Å². The molecule has 63 heavy (non-hydrogen) atoms. The second-order valence-electron chi connectivity index (χ2n) is 18.5. The van der Waals surface area contributed by atoms with E-state index in [0.29, 0.717) is 19.3 Å². The molecule has 0 saturated carbocycles. The van der Waals surface area contributed by atoms with Crippen molar-refractivity contribution in [1.82, 2.24) is 0 Å². The first-order chi connectivity index (χ1) is 31.0. The summed E-state index contributed by atoms with van der Waals surface area (Å²) >= 11 is 0. The van der Waals surface area contributed by atoms with Crippen LogP contribution in [0.2, 0.25) is 0 Å². The molecule has 0 radical (unpaired) electrons. The molecule has 0 unspecified atom stereocenters. The summed E-state index contributed by atoms with van der Waals surface area (Å²) in [5.74, 6) is -0.874. The summed E-state index contributed by atoms with van der Waals surface area (Å²) in [4.78, 5) is 38.0. The highest BCUT2D eigenvalue weighted by atomic mass is 16.6. The largest absolute Gasteiger partial charge is 0.462 e. The van der Waals surface area contributed by atoms with Crippen molar-refractivity contribution in [2.45, 2.75) is 297 Å². The van der Waals surface area contributed by atoms with Gasteiger partial charge in [0.2, 0.25) is 0 Å². The second kappa shape index (κ2) is 52.3. The third-order valence-corrected chi connectivity index (χ3v) is 12.1. The highest BCUT2D eigenvalue weighted by Crippen LogP contribution is 2.15. The lowest BCUT2D eigenvalue weighted by atomic mass is 10.1. The Labute approximate surface area is 391 Å². The van der Waals surface area contributed by atoms with Crippen LogP contribution in [0.4, 0.5) is 0 Å². The Morgan fingerprint density at radius 1 is 0.317 bits per heavy atom. The fourth-order valence-electron chi connectivity index (χ4n) is 7.94. The average Bonchev–Trinajstić information content (AvgIpc) is 3.28. The standard InChI is InChI=1S/C57H104O6/c1-4-7-10-13-16-19-22-24-26-28-30-32-35-38-41-44-47-50-56(59)62-53-54(52-61-55(58)49-46-43-40-37-34-21-18-15-12-9-6-3)63-57(60)51-48-45-42-39-36-33-31-29-27-25-23-20-17-14-11-8-5-2/h17,20,24-27,54H,4-16,18-19,21-23,28-53H2,1-3H3/b20-17-,26-24-,27-25-/t54-/m0/s1. The molecule has 0 heterocycles. The number of hydrogen-bond donors (Lipinski definition) is 0. The second-order valence-corrected chi connectivity index (χ2v) is 18.5. The number of hydrogen-bond acceptors (Lipinski definition) is 6. The number of esters is 3. The Morgan fingerprint density at radius 2 is 0.571 bits per heavy atom. The molecule has 0 rings (SSSR count). The number of carbonyl (C=O) groups excluding carboxylic acids is 3. The van der Waals surface area contributed by atoms with E-state index in [1.807, 2.05) is 0 Å². The number of allylic oxidation sites excluding steroid dienone is 6. The van der Waals surface area contributed by atoms with E-state index < -0.39 is 6.10 Å². The van der Waals surface area contributed by atoms with Gasteiger partial charge < -0.3 is 14.2 Å². The zero-order valence-electron chi connectivity index (χ0n) is 42.1. The van der Waals surface area contributed by atoms with Gasteiger partial charge in [0.1, 0.15) is 13.2 Å². The number of rotatable bonds is 50. The van der Waals surface area contributed by atoms with Crippen LogP contribution in [0.1, 0.15) is 290 Å². The molecule has 0 aromatic carbocycles. The fraction of sp³-hybridized carbons (Fsp3) is 0.842. The Bertz CT molecular complexity index is 1060. The summed E-state index contributed by atoms with van der Waals surface area (Å²) < 4.78 is 16.8. The summed E-state index contributed by atoms with van der Waals surface area (Å²) in [5.41, 5.74) is 0. The molecule has 0 fully saturated rings. The fourth-order valence-corrected chi connectivity index (χ4v) is 7.94. The molecule has 0 N–H and O–H groups in total. The summed E-state index contributed by atoms with van der Waals surface area (Å²) in [7, 11) is 0. The van der Waals surface area contributed by atoms with Crippen LogP contribution in [0.15, 0.2) is 36.5 Å². The summed E-state index contributed by atoms with van der Waals surface area (Å²) in [5, 5.41) is 0. The SMILES string of the molecule is CCCCC/C=C\C/C=C\CCCCCCCCCC(=O)O[C@H](COC(=O)CCCCCCCCC/C=C\CCCCCCCC)COC(=O)CCCCCCCCCCCCC. The van der Waals surface area contributed by atoms with Crippen molar-refractivity contribution in [2.24, 2.45) is 0 Å². The molecular weight excluding hydrogens is 781 g/mol. The molecule has 6 nitrogen and oxygen atoms in total. The van der Waals surface area contributed by atoms with E-state index in [1.165, 1.54) is 180 Å². The van der Waals surface area contributed by atoms with Gasteiger partial charge in [-0.1, -0.05) is 231 Å². The van der Waals surface area contributed by atoms with Gasteiger partial charge in [0, 0.05) is 19.3 Å². The van der Waals surface area contributed by atoms with Crippen LogP contribution in [-0.4, -0.2) is 37.2 Å². The molecule has 0 aliphatic rings. The Morgan fingerprint density at radius 3 is 0.921 bits per heavy atom. The number of carbonyl (C=O) groups is 3. The van der Waals surface area contributed by atoms with Gasteiger partial charge in [-0.2, -0.15) is 0 Å². The highest BCUT2D eigenvalue weighted by Gasteiger charge is 2.19. The van der Waals surface area contributed by atoms with Crippen LogP contribution in [-0.2, 0) is 28.6 Å². The molecule has 0 aliphatic heterocycles. The van der Waals surface area contributed by atoms with Crippen molar-refractivity contribution < 1.29 is 28.6 Å². The number of unbranched alkanes of at least 4 members (excludes halogenated alkanes) is 33. The normalized spacial score (nSPS) is 12.2. The maximum absolute atomic E-state index is 12.8. The van der Waals surface area contributed by atoms with E-state index in [9.17, 15) is 14.4 Å². The van der Waals surface area contributed by atoms with E-state index in [1.54, 1.807) is 0 Å². The minimum Gasteiger partial charge on any atom is -0.462 e. The van der Waals surface area contributed by atoms with Crippen molar-refractivity contribution in [3.8, 4) is 0 Å². The quantitative estimate of drug-likeness (QED) is 0.0262. The van der Waals surface area contributed by atoms with Crippen LogP contribution in [0, 0.1) is 0 Å². The van der Waals surface area contributed by atoms with Gasteiger partial charge in [-0.3, -0.25) is 14.4 Å². The van der Waals surface area contributed by atoms with E-state index in [-0.39, 0.29) is 31.1 Å². The Kier molecular flexibility index (Phi) is 50.3. The Hall–Kier alpha value is -2.37. The molecule has 6 heteroatoms. The molecule has 0 bridgehead atoms. The van der Waals surface area contributed by atoms with Gasteiger partial charge in [0.15, 0.2) is 6.10 Å². The first-order valence-electron chi connectivity index (χ1n) is 27.5. The molecule has 368 valence electrons. The first-order valence-corrected chi connectivity index (χ1v) is 27.5. The summed E-state index contributed by atoms with van der Waals surface area (Å²) in [6, 6.07) is 0. The van der Waals surface area contributed by atoms with Gasteiger partial charge in [-0.25, -0.2) is 0 Å². The van der Waals surface area contributed by atoms with Gasteiger partial charge in [0.25, 0.3) is 0 Å². The lowest BCUT2D eigenvalue weighted by Gasteiger charge is -2.18. The van der Waals surface area contributed by atoms with Crippen LogP contribution in [0.3, 0.4) is 0 Å². The monoisotopic (exact) mass is 885 g/mol. The molecule has 1 atom stereocenters. The topological polar surface area (TPSA) is 78.9 Å². The predicted molar refractivity (Wildman–Crippen MR) is 270 cm³/mol. The van der Waals surface area contributed by atoms with E-state index in [4.69, 9.17) is 14.2 Å². The van der Waals surface area contributed by atoms with Crippen molar-refractivity contribution in [3.63, 3.8) is 0 Å². The molecule has 0 aliphatic carbocycles. The zero-order chi connectivity index (χ0) is 45.8. The van der Waals surface area contributed by atoms with E-state index in [2.05, 4.69) is 57.2 Å². The number of ether oxygens (including phenoxy) is 3. The van der Waals surface area contributed by atoms with Crippen molar-refractivity contribution >= 4 is 17.9 Å². The highest BCUT2D eigenvalue weighted by molar-refractivity contribution is 5.71.